The average Bonchev–Trinajstić information content (AvgIpc) is 3.04. The summed E-state index contributed by atoms with van der Waals surface area (Å²) >= 11 is 7.54. The van der Waals surface area contributed by atoms with E-state index < -0.39 is 12.7 Å². The lowest BCUT2D eigenvalue weighted by Crippen LogP contribution is -2.50. The van der Waals surface area contributed by atoms with Gasteiger partial charge in [-0.2, -0.15) is 13.2 Å². The first-order valence-electron chi connectivity index (χ1n) is 8.78. The molecule has 1 amide bonds. The smallest absolute Gasteiger partial charge is 0.301 e. The summed E-state index contributed by atoms with van der Waals surface area (Å²) in [7, 11) is 0. The Bertz CT molecular complexity index is 806. The van der Waals surface area contributed by atoms with E-state index in [1.165, 1.54) is 16.2 Å². The fourth-order valence-corrected chi connectivity index (χ4v) is 4.05. The number of piperazine rings is 1. The SMILES string of the molecule is O=C(CN1CCN(CC(F)(F)F)CC1)Nc1ncc(Cc2ccccc2Cl)s1. The molecule has 1 aromatic carbocycles. The van der Waals surface area contributed by atoms with Gasteiger partial charge in [0, 0.05) is 48.7 Å². The monoisotopic (exact) mass is 432 g/mol. The van der Waals surface area contributed by atoms with Gasteiger partial charge in [-0.25, -0.2) is 4.98 Å². The highest BCUT2D eigenvalue weighted by Crippen LogP contribution is 2.24. The maximum atomic E-state index is 12.4. The number of nitrogens with one attached hydrogen (secondary N) is 1. The van der Waals surface area contributed by atoms with Crippen LogP contribution < -0.4 is 5.32 Å². The van der Waals surface area contributed by atoms with E-state index in [0.717, 1.165) is 10.4 Å². The maximum absolute atomic E-state index is 12.4. The molecule has 152 valence electrons. The van der Waals surface area contributed by atoms with E-state index in [2.05, 4.69) is 10.3 Å². The molecule has 28 heavy (non-hydrogen) atoms. The van der Waals surface area contributed by atoms with Crippen LogP contribution in [0.2, 0.25) is 5.02 Å². The normalized spacial score (nSPS) is 16.3. The number of hydrogen-bond donors (Lipinski definition) is 1. The quantitative estimate of drug-likeness (QED) is 0.759. The van der Waals surface area contributed by atoms with E-state index in [4.69, 9.17) is 11.6 Å². The van der Waals surface area contributed by atoms with E-state index in [1.807, 2.05) is 29.2 Å². The van der Waals surface area contributed by atoms with Gasteiger partial charge < -0.3 is 5.32 Å². The lowest BCUT2D eigenvalue weighted by atomic mass is 10.1. The van der Waals surface area contributed by atoms with Crippen molar-refractivity contribution in [1.29, 1.82) is 0 Å². The Hall–Kier alpha value is -1.68. The number of amides is 1. The molecule has 3 rings (SSSR count). The van der Waals surface area contributed by atoms with Crippen molar-refractivity contribution in [1.82, 2.24) is 14.8 Å². The number of alkyl halides is 3. The predicted molar refractivity (Wildman–Crippen MR) is 104 cm³/mol. The Morgan fingerprint density at radius 3 is 2.54 bits per heavy atom. The second kappa shape index (κ2) is 9.21. The van der Waals surface area contributed by atoms with E-state index in [1.54, 1.807) is 6.20 Å². The number of rotatable bonds is 6. The number of nitrogens with zero attached hydrogens (tertiary/aromatic N) is 3. The standard InChI is InChI=1S/C18H20ClF3N4OS/c19-15-4-2-1-3-13(15)9-14-10-23-17(28-14)24-16(27)11-25-5-7-26(8-6-25)12-18(20,21)22/h1-4,10H,5-9,11-12H2,(H,23,24,27). The molecule has 0 radical (unpaired) electrons. The van der Waals surface area contributed by atoms with E-state index >= 15 is 0 Å². The topological polar surface area (TPSA) is 48.5 Å². The van der Waals surface area contributed by atoms with E-state index in [-0.39, 0.29) is 12.5 Å². The van der Waals surface area contributed by atoms with Gasteiger partial charge in [0.05, 0.1) is 13.1 Å². The van der Waals surface area contributed by atoms with Gasteiger partial charge in [0.2, 0.25) is 5.91 Å². The first-order chi connectivity index (χ1) is 13.3. The van der Waals surface area contributed by atoms with Crippen molar-refractivity contribution in [3.63, 3.8) is 0 Å². The molecular formula is C18H20ClF3N4OS. The molecule has 0 bridgehead atoms. The molecule has 0 aliphatic carbocycles. The van der Waals surface area contributed by atoms with Crippen LogP contribution in [0, 0.1) is 0 Å². The second-order valence-corrected chi connectivity index (χ2v) is 8.14. The Balaban J connectivity index is 1.45. The zero-order valence-electron chi connectivity index (χ0n) is 15.0. The Labute approximate surface area is 170 Å². The molecule has 1 aliphatic heterocycles. The summed E-state index contributed by atoms with van der Waals surface area (Å²) in [5.74, 6) is -0.220. The van der Waals surface area contributed by atoms with Gasteiger partial charge in [0.15, 0.2) is 5.13 Å². The minimum Gasteiger partial charge on any atom is -0.301 e. The maximum Gasteiger partial charge on any atom is 0.401 e. The summed E-state index contributed by atoms with van der Waals surface area (Å²) in [6, 6.07) is 7.56. The Morgan fingerprint density at radius 2 is 1.86 bits per heavy atom. The van der Waals surface area contributed by atoms with E-state index in [9.17, 15) is 18.0 Å². The molecule has 2 heterocycles. The number of hydrogen-bond acceptors (Lipinski definition) is 5. The van der Waals surface area contributed by atoms with Crippen molar-refractivity contribution in [3.8, 4) is 0 Å². The molecule has 1 fully saturated rings. The highest BCUT2D eigenvalue weighted by molar-refractivity contribution is 7.15. The fourth-order valence-electron chi connectivity index (χ4n) is 3.00. The molecule has 10 heteroatoms. The number of anilines is 1. The zero-order valence-corrected chi connectivity index (χ0v) is 16.6. The second-order valence-electron chi connectivity index (χ2n) is 6.62. The van der Waals surface area contributed by atoms with Gasteiger partial charge >= 0.3 is 6.18 Å². The van der Waals surface area contributed by atoms with Crippen molar-refractivity contribution < 1.29 is 18.0 Å². The number of benzene rings is 1. The van der Waals surface area contributed by atoms with Crippen molar-refractivity contribution in [3.05, 3.63) is 45.9 Å². The van der Waals surface area contributed by atoms with Gasteiger partial charge in [-0.15, -0.1) is 11.3 Å². The number of carbonyl (C=O) groups is 1. The fraction of sp³-hybridized carbons (Fsp3) is 0.444. The predicted octanol–water partition coefficient (Wildman–Crippen LogP) is 3.51. The lowest BCUT2D eigenvalue weighted by Gasteiger charge is -2.34. The molecule has 1 saturated heterocycles. The van der Waals surface area contributed by atoms with Gasteiger partial charge in [0.1, 0.15) is 0 Å². The first-order valence-corrected chi connectivity index (χ1v) is 9.97. The largest absolute Gasteiger partial charge is 0.401 e. The minimum atomic E-state index is -4.19. The van der Waals surface area contributed by atoms with Gasteiger partial charge in [-0.1, -0.05) is 29.8 Å². The van der Waals surface area contributed by atoms with Crippen LogP contribution in [0.25, 0.3) is 0 Å². The van der Waals surface area contributed by atoms with Crippen LogP contribution in [0.3, 0.4) is 0 Å². The number of carbonyl (C=O) groups excluding carboxylic acids is 1. The number of thiazole rings is 1. The number of halogens is 4. The minimum absolute atomic E-state index is 0.138. The van der Waals surface area contributed by atoms with Crippen LogP contribution >= 0.6 is 22.9 Å². The molecule has 5 nitrogen and oxygen atoms in total. The van der Waals surface area contributed by atoms with Crippen LogP contribution in [-0.4, -0.2) is 66.1 Å². The third kappa shape index (κ3) is 6.44. The molecule has 1 N–H and O–H groups in total. The summed E-state index contributed by atoms with van der Waals surface area (Å²) < 4.78 is 37.3. The molecular weight excluding hydrogens is 413 g/mol. The molecule has 0 saturated carbocycles. The van der Waals surface area contributed by atoms with Crippen LogP contribution in [0.5, 0.6) is 0 Å². The summed E-state index contributed by atoms with van der Waals surface area (Å²) in [4.78, 5) is 20.6. The van der Waals surface area contributed by atoms with Crippen molar-refractivity contribution in [2.75, 3.05) is 44.6 Å². The van der Waals surface area contributed by atoms with Crippen LogP contribution in [0.1, 0.15) is 10.4 Å². The summed E-state index contributed by atoms with van der Waals surface area (Å²) in [6.07, 6.45) is -1.85. The summed E-state index contributed by atoms with van der Waals surface area (Å²) in [5, 5.41) is 3.95. The Morgan fingerprint density at radius 1 is 1.18 bits per heavy atom. The number of aromatic nitrogens is 1. The van der Waals surface area contributed by atoms with E-state index in [0.29, 0.717) is 42.8 Å². The van der Waals surface area contributed by atoms with Crippen molar-refractivity contribution in [2.24, 2.45) is 0 Å². The average molecular weight is 433 g/mol. The third-order valence-corrected chi connectivity index (χ3v) is 5.64. The van der Waals surface area contributed by atoms with Crippen LogP contribution in [0.15, 0.2) is 30.5 Å². The van der Waals surface area contributed by atoms with Gasteiger partial charge in [0.25, 0.3) is 0 Å². The Kier molecular flexibility index (Phi) is 6.92. The van der Waals surface area contributed by atoms with Crippen LogP contribution in [-0.2, 0) is 11.2 Å². The molecule has 1 aliphatic rings. The van der Waals surface area contributed by atoms with Crippen molar-refractivity contribution >= 4 is 34.0 Å². The van der Waals surface area contributed by atoms with Gasteiger partial charge in [-0.05, 0) is 11.6 Å². The molecule has 1 aromatic heterocycles. The molecule has 0 atom stereocenters. The zero-order chi connectivity index (χ0) is 20.1. The molecule has 2 aromatic rings. The summed E-state index contributed by atoms with van der Waals surface area (Å²) in [6.45, 7) is 0.690. The highest BCUT2D eigenvalue weighted by Gasteiger charge is 2.32. The third-order valence-electron chi connectivity index (χ3n) is 4.36. The first kappa shape index (κ1) is 21.0. The van der Waals surface area contributed by atoms with Crippen molar-refractivity contribution in [2.45, 2.75) is 12.6 Å². The van der Waals surface area contributed by atoms with Crippen LogP contribution in [0.4, 0.5) is 18.3 Å². The van der Waals surface area contributed by atoms with Gasteiger partial charge in [-0.3, -0.25) is 14.6 Å². The summed E-state index contributed by atoms with van der Waals surface area (Å²) in [5.41, 5.74) is 0.988. The lowest BCUT2D eigenvalue weighted by molar-refractivity contribution is -0.149. The molecule has 0 unspecified atom stereocenters. The molecule has 0 spiro atoms. The highest BCUT2D eigenvalue weighted by atomic mass is 35.5.